The van der Waals surface area contributed by atoms with Crippen LogP contribution in [-0.4, -0.2) is 19.7 Å². The topological polar surface area (TPSA) is 21.3 Å². The van der Waals surface area contributed by atoms with Crippen LogP contribution in [-0.2, 0) is 0 Å². The Labute approximate surface area is 99.7 Å². The molecule has 1 heterocycles. The summed E-state index contributed by atoms with van der Waals surface area (Å²) in [5, 5.41) is 3.69. The maximum atomic E-state index is 13.4. The summed E-state index contributed by atoms with van der Waals surface area (Å²) < 4.78 is 18.8. The monoisotopic (exact) mass is 243 g/mol. The molecule has 1 fully saturated rings. The van der Waals surface area contributed by atoms with Crippen LogP contribution in [0.1, 0.15) is 12.8 Å². The van der Waals surface area contributed by atoms with Crippen LogP contribution in [0.5, 0.6) is 5.75 Å². The Morgan fingerprint density at radius 1 is 1.50 bits per heavy atom. The quantitative estimate of drug-likeness (QED) is 0.882. The highest BCUT2D eigenvalue weighted by molar-refractivity contribution is 6.30. The lowest BCUT2D eigenvalue weighted by molar-refractivity contribution is 0.211. The smallest absolute Gasteiger partial charge is 0.166 e. The molecule has 2 nitrogen and oxygen atoms in total. The molecule has 0 spiro atoms. The van der Waals surface area contributed by atoms with Crippen LogP contribution < -0.4 is 10.1 Å². The first-order valence-electron chi connectivity index (χ1n) is 5.54. The average Bonchev–Trinajstić information content (AvgIpc) is 2.29. The number of hydrogen-bond acceptors (Lipinski definition) is 2. The molecule has 1 aliphatic heterocycles. The zero-order valence-corrected chi connectivity index (χ0v) is 9.77. The molecule has 1 saturated heterocycles. The predicted molar refractivity (Wildman–Crippen MR) is 62.5 cm³/mol. The van der Waals surface area contributed by atoms with Gasteiger partial charge in [-0.2, -0.15) is 0 Å². The Hall–Kier alpha value is -0.800. The van der Waals surface area contributed by atoms with E-state index in [4.69, 9.17) is 16.3 Å². The number of halogens is 2. The molecule has 1 aliphatic rings. The maximum Gasteiger partial charge on any atom is 0.166 e. The second kappa shape index (κ2) is 5.51. The van der Waals surface area contributed by atoms with Gasteiger partial charge in [0.2, 0.25) is 0 Å². The van der Waals surface area contributed by atoms with Gasteiger partial charge in [-0.1, -0.05) is 11.6 Å². The van der Waals surface area contributed by atoms with Crippen LogP contribution in [0.2, 0.25) is 5.02 Å². The summed E-state index contributed by atoms with van der Waals surface area (Å²) in [5.41, 5.74) is 0. The van der Waals surface area contributed by atoms with E-state index in [9.17, 15) is 4.39 Å². The molecule has 0 aromatic heterocycles. The summed E-state index contributed by atoms with van der Waals surface area (Å²) >= 11 is 5.66. The van der Waals surface area contributed by atoms with Gasteiger partial charge in [-0.25, -0.2) is 4.39 Å². The third kappa shape index (κ3) is 3.09. The fourth-order valence-electron chi connectivity index (χ4n) is 1.87. The van der Waals surface area contributed by atoms with Crippen LogP contribution in [0.4, 0.5) is 4.39 Å². The number of ether oxygens (including phenoxy) is 1. The van der Waals surface area contributed by atoms with Gasteiger partial charge in [0, 0.05) is 17.5 Å². The van der Waals surface area contributed by atoms with E-state index in [0.29, 0.717) is 17.5 Å². The van der Waals surface area contributed by atoms with E-state index >= 15 is 0 Å². The minimum Gasteiger partial charge on any atom is -0.490 e. The van der Waals surface area contributed by atoms with Crippen LogP contribution >= 0.6 is 11.6 Å². The third-order valence-electron chi connectivity index (χ3n) is 2.77. The summed E-state index contributed by atoms with van der Waals surface area (Å²) in [6.45, 7) is 2.59. The molecule has 1 aromatic carbocycles. The maximum absolute atomic E-state index is 13.4. The Morgan fingerprint density at radius 3 is 3.06 bits per heavy atom. The molecular weight excluding hydrogens is 229 g/mol. The molecule has 0 aliphatic carbocycles. The van der Waals surface area contributed by atoms with Crippen molar-refractivity contribution in [3.05, 3.63) is 29.0 Å². The second-order valence-corrected chi connectivity index (χ2v) is 4.53. The molecule has 4 heteroatoms. The van der Waals surface area contributed by atoms with Crippen molar-refractivity contribution in [1.29, 1.82) is 0 Å². The average molecular weight is 244 g/mol. The van der Waals surface area contributed by atoms with Crippen LogP contribution in [0.25, 0.3) is 0 Å². The molecule has 1 atom stereocenters. The van der Waals surface area contributed by atoms with E-state index in [-0.39, 0.29) is 5.75 Å². The summed E-state index contributed by atoms with van der Waals surface area (Å²) in [5.74, 6) is 0.370. The summed E-state index contributed by atoms with van der Waals surface area (Å²) in [4.78, 5) is 0. The molecule has 1 aromatic rings. The summed E-state index contributed by atoms with van der Waals surface area (Å²) in [6.07, 6.45) is 2.30. The molecule has 88 valence electrons. The Morgan fingerprint density at radius 2 is 2.38 bits per heavy atom. The van der Waals surface area contributed by atoms with Crippen molar-refractivity contribution >= 4 is 11.6 Å². The molecule has 0 amide bonds. The molecule has 0 radical (unpaired) electrons. The minimum absolute atomic E-state index is 0.287. The van der Waals surface area contributed by atoms with Gasteiger partial charge in [0.05, 0.1) is 6.61 Å². The molecule has 2 rings (SSSR count). The van der Waals surface area contributed by atoms with Crippen molar-refractivity contribution in [1.82, 2.24) is 5.32 Å². The zero-order chi connectivity index (χ0) is 11.4. The standard InChI is InChI=1S/C12H15ClFNO/c13-10-3-4-12(11(14)6-10)16-8-9-2-1-5-15-7-9/h3-4,6,9,15H,1-2,5,7-8H2. The number of hydrogen-bond donors (Lipinski definition) is 1. The fourth-order valence-corrected chi connectivity index (χ4v) is 2.02. The van der Waals surface area contributed by atoms with Crippen LogP contribution in [0, 0.1) is 11.7 Å². The first kappa shape index (κ1) is 11.7. The molecule has 0 bridgehead atoms. The van der Waals surface area contributed by atoms with Gasteiger partial charge in [0.15, 0.2) is 11.6 Å². The lowest BCUT2D eigenvalue weighted by atomic mass is 10.0. The number of piperidine rings is 1. The molecule has 0 saturated carbocycles. The Balaban J connectivity index is 1.88. The molecule has 1 N–H and O–H groups in total. The van der Waals surface area contributed by atoms with E-state index in [0.717, 1.165) is 25.9 Å². The van der Waals surface area contributed by atoms with E-state index in [1.807, 2.05) is 0 Å². The van der Waals surface area contributed by atoms with E-state index in [1.54, 1.807) is 12.1 Å². The lowest BCUT2D eigenvalue weighted by Crippen LogP contribution is -2.33. The van der Waals surface area contributed by atoms with E-state index < -0.39 is 5.82 Å². The number of rotatable bonds is 3. The van der Waals surface area contributed by atoms with Crippen molar-refractivity contribution in [3.63, 3.8) is 0 Å². The van der Waals surface area contributed by atoms with Crippen LogP contribution in [0.3, 0.4) is 0 Å². The fraction of sp³-hybridized carbons (Fsp3) is 0.500. The molecule has 1 unspecified atom stereocenters. The van der Waals surface area contributed by atoms with E-state index in [2.05, 4.69) is 5.32 Å². The number of benzene rings is 1. The van der Waals surface area contributed by atoms with Crippen molar-refractivity contribution in [3.8, 4) is 5.75 Å². The van der Waals surface area contributed by atoms with Gasteiger partial charge in [0.1, 0.15) is 0 Å². The van der Waals surface area contributed by atoms with Gasteiger partial charge in [-0.3, -0.25) is 0 Å². The van der Waals surface area contributed by atoms with Gasteiger partial charge in [-0.05, 0) is 37.6 Å². The van der Waals surface area contributed by atoms with Crippen molar-refractivity contribution in [2.24, 2.45) is 5.92 Å². The van der Waals surface area contributed by atoms with Gasteiger partial charge in [0.25, 0.3) is 0 Å². The lowest BCUT2D eigenvalue weighted by Gasteiger charge is -2.22. The summed E-state index contributed by atoms with van der Waals surface area (Å²) in [7, 11) is 0. The first-order valence-corrected chi connectivity index (χ1v) is 5.92. The van der Waals surface area contributed by atoms with Crippen LogP contribution in [0.15, 0.2) is 18.2 Å². The third-order valence-corrected chi connectivity index (χ3v) is 3.00. The van der Waals surface area contributed by atoms with Crippen molar-refractivity contribution < 1.29 is 9.13 Å². The Kier molecular flexibility index (Phi) is 4.02. The van der Waals surface area contributed by atoms with Gasteiger partial charge < -0.3 is 10.1 Å². The van der Waals surface area contributed by atoms with Crippen molar-refractivity contribution in [2.75, 3.05) is 19.7 Å². The highest BCUT2D eigenvalue weighted by Gasteiger charge is 2.14. The van der Waals surface area contributed by atoms with Gasteiger partial charge in [-0.15, -0.1) is 0 Å². The SMILES string of the molecule is Fc1cc(Cl)ccc1OCC1CCCNC1. The normalized spacial score (nSPS) is 20.8. The first-order chi connectivity index (χ1) is 7.75. The van der Waals surface area contributed by atoms with Gasteiger partial charge >= 0.3 is 0 Å². The zero-order valence-electron chi connectivity index (χ0n) is 9.01. The second-order valence-electron chi connectivity index (χ2n) is 4.10. The highest BCUT2D eigenvalue weighted by Crippen LogP contribution is 2.22. The summed E-state index contributed by atoms with van der Waals surface area (Å²) in [6, 6.07) is 4.49. The molecular formula is C12H15ClFNO. The number of nitrogens with one attached hydrogen (secondary N) is 1. The molecule has 16 heavy (non-hydrogen) atoms. The highest BCUT2D eigenvalue weighted by atomic mass is 35.5. The minimum atomic E-state index is -0.392. The largest absolute Gasteiger partial charge is 0.490 e. The van der Waals surface area contributed by atoms with Crippen molar-refractivity contribution in [2.45, 2.75) is 12.8 Å². The van der Waals surface area contributed by atoms with E-state index in [1.165, 1.54) is 6.07 Å². The predicted octanol–water partition coefficient (Wildman–Crippen LogP) is 2.86. The Bertz CT molecular complexity index is 353.